The summed E-state index contributed by atoms with van der Waals surface area (Å²) in [5, 5.41) is 0. The molecule has 6 nitrogen and oxygen atoms in total. The molecule has 1 aromatic rings. The first-order valence-corrected chi connectivity index (χ1v) is 8.73. The Morgan fingerprint density at radius 1 is 1.36 bits per heavy atom. The number of ether oxygens (including phenoxy) is 1. The van der Waals surface area contributed by atoms with Crippen LogP contribution in [0.1, 0.15) is 25.0 Å². The van der Waals surface area contributed by atoms with Gasteiger partial charge in [-0.2, -0.15) is 0 Å². The zero-order valence-electron chi connectivity index (χ0n) is 13.3. The average molecular weight is 326 g/mol. The Morgan fingerprint density at radius 3 is 2.59 bits per heavy atom. The number of carbonyl (C=O) groups excluding carboxylic acids is 1. The largest absolute Gasteiger partial charge is 0.443 e. The van der Waals surface area contributed by atoms with E-state index in [1.807, 2.05) is 26.8 Å². The van der Waals surface area contributed by atoms with Crippen molar-refractivity contribution in [3.05, 3.63) is 29.3 Å². The second kappa shape index (κ2) is 6.26. The summed E-state index contributed by atoms with van der Waals surface area (Å²) < 4.78 is 32.4. The first kappa shape index (κ1) is 16.8. The Labute approximate surface area is 131 Å². The molecule has 0 aromatic heterocycles. The van der Waals surface area contributed by atoms with Crippen molar-refractivity contribution in [3.63, 3.8) is 0 Å². The molecule has 1 aliphatic heterocycles. The number of hydrogen-bond acceptors (Lipinski definition) is 4. The maximum Gasteiger partial charge on any atom is 0.410 e. The van der Waals surface area contributed by atoms with E-state index in [1.54, 1.807) is 24.0 Å². The van der Waals surface area contributed by atoms with Gasteiger partial charge < -0.3 is 9.64 Å². The minimum absolute atomic E-state index is 0.0356. The summed E-state index contributed by atoms with van der Waals surface area (Å²) >= 11 is 0. The van der Waals surface area contributed by atoms with Crippen LogP contribution in [0.15, 0.2) is 23.1 Å². The van der Waals surface area contributed by atoms with Crippen LogP contribution in [0.5, 0.6) is 0 Å². The predicted molar refractivity (Wildman–Crippen MR) is 83.2 cm³/mol. The number of aryl methyl sites for hydroxylation is 2. The molecular formula is C15H22N2O4S. The summed E-state index contributed by atoms with van der Waals surface area (Å²) in [4.78, 5) is 13.5. The first-order chi connectivity index (χ1) is 10.2. The van der Waals surface area contributed by atoms with E-state index >= 15 is 0 Å². The monoisotopic (exact) mass is 326 g/mol. The van der Waals surface area contributed by atoms with Gasteiger partial charge in [0, 0.05) is 12.6 Å². The molecule has 0 radical (unpaired) electrons. The van der Waals surface area contributed by atoms with Crippen LogP contribution in [0.25, 0.3) is 0 Å². The lowest BCUT2D eigenvalue weighted by atomic mass is 10.2. The number of sulfonamides is 1. The lowest BCUT2D eigenvalue weighted by Crippen LogP contribution is -2.36. The highest BCUT2D eigenvalue weighted by Gasteiger charge is 2.33. The van der Waals surface area contributed by atoms with E-state index < -0.39 is 22.2 Å². The minimum atomic E-state index is -3.61. The zero-order valence-corrected chi connectivity index (χ0v) is 14.1. The molecule has 1 fully saturated rings. The van der Waals surface area contributed by atoms with Gasteiger partial charge in [-0.3, -0.25) is 0 Å². The van der Waals surface area contributed by atoms with Crippen LogP contribution in [-0.4, -0.2) is 44.6 Å². The Hall–Kier alpha value is -1.60. The van der Waals surface area contributed by atoms with E-state index in [-0.39, 0.29) is 17.5 Å². The molecule has 1 aliphatic rings. The third-order valence-corrected chi connectivity index (χ3v) is 5.23. The number of benzene rings is 1. The molecule has 7 heteroatoms. The lowest BCUT2D eigenvalue weighted by molar-refractivity contribution is 0.130. The molecule has 0 saturated carbocycles. The van der Waals surface area contributed by atoms with Crippen molar-refractivity contribution in [1.29, 1.82) is 0 Å². The van der Waals surface area contributed by atoms with E-state index in [9.17, 15) is 13.2 Å². The van der Waals surface area contributed by atoms with Crippen LogP contribution < -0.4 is 4.72 Å². The molecule has 1 atom stereocenters. The van der Waals surface area contributed by atoms with Crippen molar-refractivity contribution in [2.24, 2.45) is 0 Å². The lowest BCUT2D eigenvalue weighted by Gasteiger charge is -2.17. The molecule has 1 unspecified atom stereocenters. The van der Waals surface area contributed by atoms with Gasteiger partial charge >= 0.3 is 6.09 Å². The van der Waals surface area contributed by atoms with Crippen LogP contribution in [0.3, 0.4) is 0 Å². The molecule has 122 valence electrons. The summed E-state index contributed by atoms with van der Waals surface area (Å²) in [6, 6.07) is 5.21. The third kappa shape index (κ3) is 3.59. The van der Waals surface area contributed by atoms with Crippen molar-refractivity contribution < 1.29 is 17.9 Å². The fraction of sp³-hybridized carbons (Fsp3) is 0.533. The number of nitrogens with zero attached hydrogens (tertiary/aromatic N) is 1. The van der Waals surface area contributed by atoms with Crippen LogP contribution in [0, 0.1) is 13.8 Å². The highest BCUT2D eigenvalue weighted by Crippen LogP contribution is 2.18. The summed E-state index contributed by atoms with van der Waals surface area (Å²) in [5.41, 5.74) is 1.70. The molecule has 0 aliphatic carbocycles. The van der Waals surface area contributed by atoms with Crippen molar-refractivity contribution in [2.45, 2.75) is 44.7 Å². The molecule has 1 heterocycles. The summed E-state index contributed by atoms with van der Waals surface area (Å²) in [6.45, 7) is 7.93. The topological polar surface area (TPSA) is 75.7 Å². The maximum atomic E-state index is 12.4. The van der Waals surface area contributed by atoms with Gasteiger partial charge in [-0.1, -0.05) is 17.7 Å². The smallest absolute Gasteiger partial charge is 0.410 e. The molecule has 22 heavy (non-hydrogen) atoms. The third-order valence-electron chi connectivity index (χ3n) is 3.65. The highest BCUT2D eigenvalue weighted by atomic mass is 32.2. The van der Waals surface area contributed by atoms with Crippen LogP contribution in [0.2, 0.25) is 0 Å². The SMILES string of the molecule is Cc1ccc(S(=O)(=O)NCC2CN(C(C)C)C(=O)O2)c(C)c1. The van der Waals surface area contributed by atoms with Gasteiger partial charge in [0.25, 0.3) is 0 Å². The van der Waals surface area contributed by atoms with Crippen molar-refractivity contribution in [1.82, 2.24) is 9.62 Å². The Morgan fingerprint density at radius 2 is 2.05 bits per heavy atom. The highest BCUT2D eigenvalue weighted by molar-refractivity contribution is 7.89. The first-order valence-electron chi connectivity index (χ1n) is 7.25. The molecular weight excluding hydrogens is 304 g/mol. The van der Waals surface area contributed by atoms with Gasteiger partial charge in [0.15, 0.2) is 0 Å². The van der Waals surface area contributed by atoms with Gasteiger partial charge in [0.1, 0.15) is 6.10 Å². The summed E-state index contributed by atoms with van der Waals surface area (Å²) in [6.07, 6.45) is -0.860. The standard InChI is InChI=1S/C15H22N2O4S/c1-10(2)17-9-13(21-15(17)18)8-16-22(19,20)14-6-5-11(3)7-12(14)4/h5-7,10,13,16H,8-9H2,1-4H3. The van der Waals surface area contributed by atoms with Crippen molar-refractivity contribution in [3.8, 4) is 0 Å². The second-order valence-electron chi connectivity index (χ2n) is 5.87. The fourth-order valence-corrected chi connectivity index (χ4v) is 3.74. The van der Waals surface area contributed by atoms with Gasteiger partial charge in [0.05, 0.1) is 11.4 Å². The normalized spacial score (nSPS) is 18.9. The number of hydrogen-bond donors (Lipinski definition) is 1. The van der Waals surface area contributed by atoms with Crippen LogP contribution in [-0.2, 0) is 14.8 Å². The van der Waals surface area contributed by atoms with Crippen LogP contribution in [0.4, 0.5) is 4.79 Å². The molecule has 0 bridgehead atoms. The van der Waals surface area contributed by atoms with E-state index in [0.29, 0.717) is 12.1 Å². The molecule has 1 N–H and O–H groups in total. The van der Waals surface area contributed by atoms with E-state index in [0.717, 1.165) is 5.56 Å². The summed E-state index contributed by atoms with van der Waals surface area (Å²) in [5.74, 6) is 0. The zero-order chi connectivity index (χ0) is 16.5. The Bertz CT molecular complexity index is 670. The molecule has 0 spiro atoms. The number of rotatable bonds is 5. The molecule has 2 rings (SSSR count). The van der Waals surface area contributed by atoms with Crippen molar-refractivity contribution in [2.75, 3.05) is 13.1 Å². The predicted octanol–water partition coefficient (Wildman–Crippen LogP) is 1.81. The number of nitrogens with one attached hydrogen (secondary N) is 1. The van der Waals surface area contributed by atoms with E-state index in [1.165, 1.54) is 0 Å². The average Bonchev–Trinajstić information content (AvgIpc) is 2.77. The maximum absolute atomic E-state index is 12.4. The number of amides is 1. The Balaban J connectivity index is 2.03. The van der Waals surface area contributed by atoms with Gasteiger partial charge in [-0.05, 0) is 39.3 Å². The Kier molecular flexibility index (Phi) is 4.77. The second-order valence-corrected chi connectivity index (χ2v) is 7.61. The quantitative estimate of drug-likeness (QED) is 0.895. The number of cyclic esters (lactones) is 1. The van der Waals surface area contributed by atoms with E-state index in [2.05, 4.69) is 4.72 Å². The van der Waals surface area contributed by atoms with Gasteiger partial charge in [-0.15, -0.1) is 0 Å². The minimum Gasteiger partial charge on any atom is -0.443 e. The molecule has 1 aromatic carbocycles. The molecule has 1 amide bonds. The van der Waals surface area contributed by atoms with E-state index in [4.69, 9.17) is 4.74 Å². The van der Waals surface area contributed by atoms with Gasteiger partial charge in [-0.25, -0.2) is 17.9 Å². The van der Waals surface area contributed by atoms with Crippen molar-refractivity contribution >= 4 is 16.1 Å². The summed E-state index contributed by atoms with van der Waals surface area (Å²) in [7, 11) is -3.61. The van der Waals surface area contributed by atoms with Gasteiger partial charge in [0.2, 0.25) is 10.0 Å². The molecule has 1 saturated heterocycles. The number of carbonyl (C=O) groups is 1. The van der Waals surface area contributed by atoms with Crippen LogP contribution >= 0.6 is 0 Å². The fourth-order valence-electron chi connectivity index (χ4n) is 2.45.